The van der Waals surface area contributed by atoms with E-state index in [1.165, 1.54) is 29.4 Å². The number of nitrogens with zero attached hydrogens (tertiary/aromatic N) is 2. The minimum Gasteiger partial charge on any atom is -0.468 e. The third kappa shape index (κ3) is 3.61. The number of nitrogens with one attached hydrogen (secondary N) is 2. The van der Waals surface area contributed by atoms with Crippen molar-refractivity contribution in [2.75, 3.05) is 11.1 Å². The van der Waals surface area contributed by atoms with Gasteiger partial charge in [-0.2, -0.15) is 5.26 Å². The van der Waals surface area contributed by atoms with Gasteiger partial charge >= 0.3 is 0 Å². The molecule has 0 unspecified atom stereocenters. The van der Waals surface area contributed by atoms with Crippen molar-refractivity contribution in [3.8, 4) is 6.07 Å². The lowest BCUT2D eigenvalue weighted by Gasteiger charge is -2.32. The Morgan fingerprint density at radius 2 is 2.39 bits per heavy atom. The number of ketones is 1. The first-order valence-corrected chi connectivity index (χ1v) is 10.6. The number of anilines is 1. The van der Waals surface area contributed by atoms with Gasteiger partial charge in [-0.3, -0.25) is 9.59 Å². The normalized spacial score (nSPS) is 19.1. The maximum absolute atomic E-state index is 12.6. The molecule has 2 N–H and O–H groups in total. The van der Waals surface area contributed by atoms with Crippen LogP contribution in [0.1, 0.15) is 30.9 Å². The van der Waals surface area contributed by atoms with Gasteiger partial charge in [0.25, 0.3) is 0 Å². The second-order valence-electron chi connectivity index (χ2n) is 6.27. The van der Waals surface area contributed by atoms with E-state index < -0.39 is 5.92 Å². The number of aromatic nitrogens is 1. The topological polar surface area (TPSA) is 108 Å². The Morgan fingerprint density at radius 3 is 3.11 bits per heavy atom. The molecule has 0 saturated carbocycles. The fourth-order valence-corrected chi connectivity index (χ4v) is 4.76. The quantitative estimate of drug-likeness (QED) is 0.773. The molecular formula is C19H16N4O3S2. The number of nitriles is 1. The number of dihydropyridines is 1. The molecule has 0 aromatic carbocycles. The lowest BCUT2D eigenvalue weighted by molar-refractivity contribution is -0.116. The summed E-state index contributed by atoms with van der Waals surface area (Å²) in [6, 6.07) is 5.74. The van der Waals surface area contributed by atoms with Gasteiger partial charge in [-0.15, -0.1) is 11.3 Å². The second kappa shape index (κ2) is 8.04. The number of rotatable bonds is 5. The number of allylic oxidation sites excluding steroid dienone is 3. The average Bonchev–Trinajstić information content (AvgIpc) is 3.39. The number of thiazole rings is 1. The van der Waals surface area contributed by atoms with Crippen molar-refractivity contribution in [1.29, 1.82) is 5.26 Å². The molecule has 1 amide bonds. The first kappa shape index (κ1) is 18.5. The summed E-state index contributed by atoms with van der Waals surface area (Å²) in [4.78, 5) is 28.8. The summed E-state index contributed by atoms with van der Waals surface area (Å²) in [6.45, 7) is 0. The fraction of sp³-hybridized carbons (Fsp3) is 0.263. The van der Waals surface area contributed by atoms with Crippen LogP contribution in [0.15, 0.2) is 56.3 Å². The first-order valence-electron chi connectivity index (χ1n) is 8.70. The smallest absolute Gasteiger partial charge is 0.236 e. The zero-order valence-electron chi connectivity index (χ0n) is 14.7. The third-order valence-corrected chi connectivity index (χ3v) is 6.22. The van der Waals surface area contributed by atoms with Gasteiger partial charge < -0.3 is 15.1 Å². The van der Waals surface area contributed by atoms with Gasteiger partial charge in [0.05, 0.1) is 34.6 Å². The minimum absolute atomic E-state index is 0.0356. The number of carbonyl (C=O) groups is 2. The molecular weight excluding hydrogens is 396 g/mol. The number of amides is 1. The highest BCUT2D eigenvalue weighted by molar-refractivity contribution is 8.03. The number of furan rings is 1. The van der Waals surface area contributed by atoms with Crippen molar-refractivity contribution < 1.29 is 14.0 Å². The molecule has 0 saturated heterocycles. The van der Waals surface area contributed by atoms with Crippen molar-refractivity contribution in [2.45, 2.75) is 25.2 Å². The van der Waals surface area contributed by atoms with Crippen LogP contribution < -0.4 is 10.6 Å². The standard InChI is InChI=1S/C19H16N4O3S2/c20-9-11-16(14-5-2-7-26-14)17-12(3-1-4-13(17)24)22-18(11)28-10-15(25)23-19-21-6-8-27-19/h2,5-8,16,22H,1,3-4,10H2,(H,21,23,25)/t16-/m0/s1. The van der Waals surface area contributed by atoms with Crippen molar-refractivity contribution in [3.05, 3.63) is 57.6 Å². The van der Waals surface area contributed by atoms with Gasteiger partial charge in [0.1, 0.15) is 5.76 Å². The van der Waals surface area contributed by atoms with Crippen LogP contribution in [-0.2, 0) is 9.59 Å². The van der Waals surface area contributed by atoms with Crippen molar-refractivity contribution in [1.82, 2.24) is 10.3 Å². The number of Topliss-reactive ketones (excluding diaryl/α,β-unsaturated/α-hetero) is 1. The number of hydrogen-bond donors (Lipinski definition) is 2. The molecule has 4 rings (SSSR count). The molecule has 142 valence electrons. The molecule has 0 spiro atoms. The van der Waals surface area contributed by atoms with E-state index in [0.717, 1.165) is 18.5 Å². The molecule has 1 aliphatic heterocycles. The van der Waals surface area contributed by atoms with Crippen LogP contribution in [0.2, 0.25) is 0 Å². The Hall–Kier alpha value is -2.83. The monoisotopic (exact) mass is 412 g/mol. The highest BCUT2D eigenvalue weighted by Gasteiger charge is 2.38. The molecule has 28 heavy (non-hydrogen) atoms. The maximum atomic E-state index is 12.6. The van der Waals surface area contributed by atoms with E-state index in [-0.39, 0.29) is 17.4 Å². The van der Waals surface area contributed by atoms with Crippen LogP contribution in [0, 0.1) is 11.3 Å². The highest BCUT2D eigenvalue weighted by Crippen LogP contribution is 2.44. The van der Waals surface area contributed by atoms with Crippen molar-refractivity contribution >= 4 is 39.9 Å². The molecule has 7 nitrogen and oxygen atoms in total. The van der Waals surface area contributed by atoms with Gasteiger partial charge in [0.2, 0.25) is 5.91 Å². The van der Waals surface area contributed by atoms with Crippen LogP contribution in [-0.4, -0.2) is 22.4 Å². The molecule has 0 bridgehead atoms. The Balaban J connectivity index is 1.60. The predicted molar refractivity (Wildman–Crippen MR) is 106 cm³/mol. The molecule has 3 heterocycles. The summed E-state index contributed by atoms with van der Waals surface area (Å²) in [7, 11) is 0. The van der Waals surface area contributed by atoms with E-state index in [2.05, 4.69) is 21.7 Å². The van der Waals surface area contributed by atoms with Crippen molar-refractivity contribution in [3.63, 3.8) is 0 Å². The van der Waals surface area contributed by atoms with E-state index >= 15 is 0 Å². The first-order chi connectivity index (χ1) is 13.7. The lowest BCUT2D eigenvalue weighted by Crippen LogP contribution is -2.31. The lowest BCUT2D eigenvalue weighted by atomic mass is 9.79. The number of hydrogen-bond acceptors (Lipinski definition) is 8. The van der Waals surface area contributed by atoms with Crippen LogP contribution in [0.5, 0.6) is 0 Å². The molecule has 1 aliphatic carbocycles. The zero-order chi connectivity index (χ0) is 19.5. The molecule has 2 aromatic heterocycles. The maximum Gasteiger partial charge on any atom is 0.236 e. The van der Waals surface area contributed by atoms with Gasteiger partial charge in [0, 0.05) is 29.3 Å². The second-order valence-corrected chi connectivity index (χ2v) is 8.15. The van der Waals surface area contributed by atoms with E-state index in [1.54, 1.807) is 23.7 Å². The van der Waals surface area contributed by atoms with Crippen LogP contribution in [0.3, 0.4) is 0 Å². The van der Waals surface area contributed by atoms with Gasteiger partial charge in [0.15, 0.2) is 10.9 Å². The van der Waals surface area contributed by atoms with Crippen molar-refractivity contribution in [2.24, 2.45) is 0 Å². The van der Waals surface area contributed by atoms with Crippen LogP contribution in [0.25, 0.3) is 0 Å². The minimum atomic E-state index is -0.534. The van der Waals surface area contributed by atoms with Gasteiger partial charge in [-0.05, 0) is 25.0 Å². The summed E-state index contributed by atoms with van der Waals surface area (Å²) < 4.78 is 5.55. The van der Waals surface area contributed by atoms with Gasteiger partial charge in [-0.1, -0.05) is 11.8 Å². The summed E-state index contributed by atoms with van der Waals surface area (Å²) in [6.07, 6.45) is 5.12. The molecule has 2 aliphatic rings. The Bertz CT molecular complexity index is 1000. The predicted octanol–water partition coefficient (Wildman–Crippen LogP) is 3.54. The fourth-order valence-electron chi connectivity index (χ4n) is 3.36. The molecule has 2 aromatic rings. The third-order valence-electron chi connectivity index (χ3n) is 4.52. The van der Waals surface area contributed by atoms with E-state index in [9.17, 15) is 14.9 Å². The van der Waals surface area contributed by atoms with E-state index in [1.807, 2.05) is 0 Å². The van der Waals surface area contributed by atoms with E-state index in [4.69, 9.17) is 4.42 Å². The SMILES string of the molecule is N#CC1=C(SCC(=O)Nc2nccs2)NC2=C(C(=O)CCC2)[C@@H]1c1ccco1. The number of carbonyl (C=O) groups excluding carboxylic acids is 2. The largest absolute Gasteiger partial charge is 0.468 e. The van der Waals surface area contributed by atoms with Crippen LogP contribution in [0.4, 0.5) is 5.13 Å². The molecule has 0 fully saturated rings. The van der Waals surface area contributed by atoms with Crippen LogP contribution >= 0.6 is 23.1 Å². The highest BCUT2D eigenvalue weighted by atomic mass is 32.2. The number of thioether (sulfide) groups is 1. The summed E-state index contributed by atoms with van der Waals surface area (Å²) >= 11 is 2.58. The average molecular weight is 412 g/mol. The van der Waals surface area contributed by atoms with E-state index in [0.29, 0.717) is 33.5 Å². The molecule has 0 radical (unpaired) electrons. The molecule has 9 heteroatoms. The summed E-state index contributed by atoms with van der Waals surface area (Å²) in [5.41, 5.74) is 1.82. The Kier molecular flexibility index (Phi) is 5.32. The molecule has 1 atom stereocenters. The van der Waals surface area contributed by atoms with Gasteiger partial charge in [-0.25, -0.2) is 4.98 Å². The zero-order valence-corrected chi connectivity index (χ0v) is 16.4. The summed E-state index contributed by atoms with van der Waals surface area (Å²) in [5.74, 6) is -0.0251. The summed E-state index contributed by atoms with van der Waals surface area (Å²) in [5, 5.41) is 18.7. The Labute approximate surface area is 169 Å². The Morgan fingerprint density at radius 1 is 1.50 bits per heavy atom.